The molecule has 0 fully saturated rings. The summed E-state index contributed by atoms with van der Waals surface area (Å²) in [4.78, 5) is 12.1. The van der Waals surface area contributed by atoms with Gasteiger partial charge in [-0.15, -0.1) is 5.10 Å². The summed E-state index contributed by atoms with van der Waals surface area (Å²) in [6, 6.07) is 8.17. The van der Waals surface area contributed by atoms with E-state index in [2.05, 4.69) is 53.5 Å². The van der Waals surface area contributed by atoms with E-state index in [1.165, 1.54) is 17.3 Å². The molecule has 0 aliphatic rings. The summed E-state index contributed by atoms with van der Waals surface area (Å²) in [5, 5.41) is 17.9. The van der Waals surface area contributed by atoms with Crippen molar-refractivity contribution < 1.29 is 9.53 Å². The van der Waals surface area contributed by atoms with E-state index < -0.39 is 0 Å². The Morgan fingerprint density at radius 3 is 2.68 bits per heavy atom. The lowest BCUT2D eigenvalue weighted by atomic mass is 10.1. The molecule has 1 N–H and O–H groups in total. The summed E-state index contributed by atoms with van der Waals surface area (Å²) in [5.74, 6) is 0.418. The second-order valence-corrected chi connectivity index (χ2v) is 7.79. The van der Waals surface area contributed by atoms with E-state index in [4.69, 9.17) is 4.74 Å². The number of aryl methyl sites for hydroxylation is 1. The summed E-state index contributed by atoms with van der Waals surface area (Å²) in [5.41, 5.74) is 3.93. The Morgan fingerprint density at radius 1 is 1.25 bits per heavy atom. The number of carbonyl (C=O) groups excluding carboxylic acids is 1. The fourth-order valence-electron chi connectivity index (χ4n) is 2.83. The molecule has 1 amide bonds. The molecule has 148 valence electrons. The van der Waals surface area contributed by atoms with E-state index in [0.717, 1.165) is 22.3 Å². The summed E-state index contributed by atoms with van der Waals surface area (Å²) in [6.45, 7) is 7.20. The molecule has 0 bridgehead atoms. The molecule has 28 heavy (non-hydrogen) atoms. The number of ether oxygens (including phenoxy) is 1. The number of carbonyl (C=O) groups is 1. The largest absolute Gasteiger partial charge is 0.383 e. The molecule has 0 saturated heterocycles. The third-order valence-electron chi connectivity index (χ3n) is 4.29. The molecular weight excluding hydrogens is 374 g/mol. The van der Waals surface area contributed by atoms with Gasteiger partial charge >= 0.3 is 0 Å². The lowest BCUT2D eigenvalue weighted by Gasteiger charge is -2.11. The number of benzene rings is 1. The van der Waals surface area contributed by atoms with Gasteiger partial charge in [-0.3, -0.25) is 4.79 Å². The lowest BCUT2D eigenvalue weighted by molar-refractivity contribution is -0.118. The highest BCUT2D eigenvalue weighted by Crippen LogP contribution is 2.31. The molecule has 0 aliphatic carbocycles. The monoisotopic (exact) mass is 399 g/mol. The minimum absolute atomic E-state index is 0.0636. The van der Waals surface area contributed by atoms with Crippen LogP contribution in [-0.4, -0.2) is 51.9 Å². The molecule has 0 spiro atoms. The van der Waals surface area contributed by atoms with Crippen molar-refractivity contribution in [2.75, 3.05) is 26.0 Å². The maximum Gasteiger partial charge on any atom is 0.230 e. The van der Waals surface area contributed by atoms with Crippen molar-refractivity contribution in [1.29, 1.82) is 0 Å². The highest BCUT2D eigenvalue weighted by Gasteiger charge is 2.19. The number of amides is 1. The zero-order valence-electron chi connectivity index (χ0n) is 16.6. The molecule has 2 aromatic heterocycles. The Balaban J connectivity index is 1.95. The Bertz CT molecular complexity index is 953. The predicted octanol–water partition coefficient (Wildman–Crippen LogP) is 3.10. The van der Waals surface area contributed by atoms with Crippen molar-refractivity contribution >= 4 is 28.6 Å². The molecule has 0 radical (unpaired) electrons. The number of hydrogen-bond acceptors (Lipinski definition) is 6. The molecule has 0 saturated carbocycles. The predicted molar refractivity (Wildman–Crippen MR) is 111 cm³/mol. The van der Waals surface area contributed by atoms with Gasteiger partial charge in [-0.1, -0.05) is 43.3 Å². The number of methoxy groups -OCH3 is 1. The van der Waals surface area contributed by atoms with Gasteiger partial charge in [0.1, 0.15) is 10.5 Å². The van der Waals surface area contributed by atoms with Crippen LogP contribution in [0.3, 0.4) is 0 Å². The number of nitrogens with zero attached hydrogens (tertiary/aromatic N) is 4. The SMILES string of the molecule is COCCNC(=O)CSc1nnc(C(C)C)c2cnn(-c3ccc(C)cc3)c12. The fourth-order valence-corrected chi connectivity index (χ4v) is 3.63. The molecule has 2 heterocycles. The van der Waals surface area contributed by atoms with Crippen LogP contribution in [0.2, 0.25) is 0 Å². The average Bonchev–Trinajstić information content (AvgIpc) is 3.12. The van der Waals surface area contributed by atoms with Crippen molar-refractivity contribution in [2.24, 2.45) is 0 Å². The molecule has 0 atom stereocenters. The summed E-state index contributed by atoms with van der Waals surface area (Å²) < 4.78 is 6.83. The molecular formula is C20H25N5O2S. The van der Waals surface area contributed by atoms with Crippen LogP contribution >= 0.6 is 11.8 Å². The van der Waals surface area contributed by atoms with E-state index in [0.29, 0.717) is 18.2 Å². The molecule has 3 rings (SSSR count). The van der Waals surface area contributed by atoms with Gasteiger partial charge in [-0.25, -0.2) is 4.68 Å². The summed E-state index contributed by atoms with van der Waals surface area (Å²) in [7, 11) is 1.61. The highest BCUT2D eigenvalue weighted by atomic mass is 32.2. The Labute approximate surface area is 168 Å². The van der Waals surface area contributed by atoms with Crippen LogP contribution in [0.25, 0.3) is 16.6 Å². The molecule has 0 aliphatic heterocycles. The van der Waals surface area contributed by atoms with Crippen LogP contribution in [0, 0.1) is 6.92 Å². The number of thioether (sulfide) groups is 1. The van der Waals surface area contributed by atoms with Crippen LogP contribution in [0.4, 0.5) is 0 Å². The minimum Gasteiger partial charge on any atom is -0.383 e. The first kappa shape index (κ1) is 20.3. The summed E-state index contributed by atoms with van der Waals surface area (Å²) >= 11 is 1.37. The van der Waals surface area contributed by atoms with Crippen molar-refractivity contribution in [1.82, 2.24) is 25.3 Å². The van der Waals surface area contributed by atoms with Gasteiger partial charge in [-0.05, 0) is 25.0 Å². The van der Waals surface area contributed by atoms with Crippen molar-refractivity contribution in [2.45, 2.75) is 31.7 Å². The number of rotatable bonds is 8. The van der Waals surface area contributed by atoms with E-state index in [-0.39, 0.29) is 17.6 Å². The molecule has 3 aromatic rings. The normalized spacial score (nSPS) is 11.3. The van der Waals surface area contributed by atoms with Gasteiger partial charge in [0.15, 0.2) is 0 Å². The topological polar surface area (TPSA) is 81.9 Å². The minimum atomic E-state index is -0.0636. The first-order chi connectivity index (χ1) is 13.5. The zero-order valence-corrected chi connectivity index (χ0v) is 17.4. The van der Waals surface area contributed by atoms with E-state index in [1.54, 1.807) is 7.11 Å². The van der Waals surface area contributed by atoms with Crippen LogP contribution in [0.15, 0.2) is 35.5 Å². The molecule has 7 nitrogen and oxygen atoms in total. The smallest absolute Gasteiger partial charge is 0.230 e. The lowest BCUT2D eigenvalue weighted by Crippen LogP contribution is -2.28. The molecule has 1 aromatic carbocycles. The number of nitrogens with one attached hydrogen (secondary N) is 1. The van der Waals surface area contributed by atoms with Gasteiger partial charge in [0.25, 0.3) is 0 Å². The van der Waals surface area contributed by atoms with Crippen LogP contribution < -0.4 is 5.32 Å². The van der Waals surface area contributed by atoms with E-state index in [9.17, 15) is 4.79 Å². The maximum atomic E-state index is 12.1. The van der Waals surface area contributed by atoms with Gasteiger partial charge in [0, 0.05) is 19.0 Å². The van der Waals surface area contributed by atoms with E-state index in [1.807, 2.05) is 23.0 Å². The Hall–Kier alpha value is -2.45. The average molecular weight is 400 g/mol. The molecule has 0 unspecified atom stereocenters. The maximum absolute atomic E-state index is 12.1. The van der Waals surface area contributed by atoms with Gasteiger partial charge in [-0.2, -0.15) is 10.2 Å². The molecule has 8 heteroatoms. The van der Waals surface area contributed by atoms with Crippen molar-refractivity contribution in [3.8, 4) is 5.69 Å². The van der Waals surface area contributed by atoms with E-state index >= 15 is 0 Å². The Kier molecular flexibility index (Phi) is 6.64. The third kappa shape index (κ3) is 4.51. The quantitative estimate of drug-likeness (QED) is 0.463. The first-order valence-corrected chi connectivity index (χ1v) is 10.2. The highest BCUT2D eigenvalue weighted by molar-refractivity contribution is 8.00. The van der Waals surface area contributed by atoms with Gasteiger partial charge in [0.2, 0.25) is 5.91 Å². The first-order valence-electron chi connectivity index (χ1n) is 9.21. The number of hydrogen-bond donors (Lipinski definition) is 1. The third-order valence-corrected chi connectivity index (χ3v) is 5.25. The second-order valence-electron chi connectivity index (χ2n) is 6.83. The number of aromatic nitrogens is 4. The van der Waals surface area contributed by atoms with Crippen LogP contribution in [-0.2, 0) is 9.53 Å². The summed E-state index contributed by atoms with van der Waals surface area (Å²) in [6.07, 6.45) is 1.84. The van der Waals surface area contributed by atoms with Gasteiger partial charge in [0.05, 0.1) is 29.9 Å². The van der Waals surface area contributed by atoms with Crippen LogP contribution in [0.5, 0.6) is 0 Å². The van der Waals surface area contributed by atoms with Crippen molar-refractivity contribution in [3.05, 3.63) is 41.7 Å². The standard InChI is InChI=1S/C20H25N5O2S/c1-13(2)18-16-11-22-25(15-7-5-14(3)6-8-15)19(16)20(24-23-18)28-12-17(26)21-9-10-27-4/h5-8,11,13H,9-10,12H2,1-4H3,(H,21,26). The number of fused-ring (bicyclic) bond motifs is 1. The van der Waals surface area contributed by atoms with Crippen molar-refractivity contribution in [3.63, 3.8) is 0 Å². The second kappa shape index (κ2) is 9.16. The van der Waals surface area contributed by atoms with Crippen LogP contribution in [0.1, 0.15) is 31.0 Å². The fraction of sp³-hybridized carbons (Fsp3) is 0.400. The van der Waals surface area contributed by atoms with Gasteiger partial charge < -0.3 is 10.1 Å². The Morgan fingerprint density at radius 2 is 2.00 bits per heavy atom. The zero-order chi connectivity index (χ0) is 20.1.